The van der Waals surface area contributed by atoms with Gasteiger partial charge in [0.05, 0.1) is 5.02 Å². The fourth-order valence-electron chi connectivity index (χ4n) is 1.12. The second-order valence-electron chi connectivity index (χ2n) is 3.66. The summed E-state index contributed by atoms with van der Waals surface area (Å²) in [5.74, 6) is -0.825. The summed E-state index contributed by atoms with van der Waals surface area (Å²) >= 11 is 5.60. The van der Waals surface area contributed by atoms with Gasteiger partial charge in [-0.25, -0.2) is 9.38 Å². The van der Waals surface area contributed by atoms with E-state index in [0.29, 0.717) is 11.4 Å². The molecule has 0 bridgehead atoms. The summed E-state index contributed by atoms with van der Waals surface area (Å²) < 4.78 is 12.9. The van der Waals surface area contributed by atoms with Gasteiger partial charge in [-0.05, 0) is 32.0 Å². The summed E-state index contributed by atoms with van der Waals surface area (Å²) in [7, 11) is 0. The molecule has 0 amide bonds. The van der Waals surface area contributed by atoms with Crippen molar-refractivity contribution in [1.29, 1.82) is 10.8 Å². The van der Waals surface area contributed by atoms with Crippen LogP contribution in [0.25, 0.3) is 0 Å². The number of anilines is 1. The normalized spacial score (nSPS) is 9.56. The van der Waals surface area contributed by atoms with Crippen LogP contribution in [0, 0.1) is 16.6 Å². The van der Waals surface area contributed by atoms with Crippen LogP contribution in [0.5, 0.6) is 0 Å². The Labute approximate surface area is 109 Å². The van der Waals surface area contributed by atoms with Crippen molar-refractivity contribution in [2.24, 2.45) is 4.99 Å². The molecule has 0 fully saturated rings. The molecule has 96 valence electrons. The van der Waals surface area contributed by atoms with Crippen LogP contribution in [-0.2, 0) is 0 Å². The fraction of sp³-hybridized carbons (Fsp3) is 0.182. The van der Waals surface area contributed by atoms with Crippen molar-refractivity contribution in [2.45, 2.75) is 13.8 Å². The van der Waals surface area contributed by atoms with Gasteiger partial charge in [0, 0.05) is 11.4 Å². The Morgan fingerprint density at radius 3 is 2.56 bits per heavy atom. The van der Waals surface area contributed by atoms with E-state index >= 15 is 0 Å². The third kappa shape index (κ3) is 4.50. The number of rotatable bonds is 1. The molecule has 4 N–H and O–H groups in total. The molecule has 7 heteroatoms. The first-order chi connectivity index (χ1) is 8.38. The highest BCUT2D eigenvalue weighted by molar-refractivity contribution is 6.31. The van der Waals surface area contributed by atoms with E-state index in [0.717, 1.165) is 0 Å². The third-order valence-electron chi connectivity index (χ3n) is 1.77. The van der Waals surface area contributed by atoms with E-state index in [9.17, 15) is 4.39 Å². The SMILES string of the molecule is CC(C)=NC(=N)NC(=N)Nc1ccc(F)c(Cl)c1. The minimum atomic E-state index is -0.527. The summed E-state index contributed by atoms with van der Waals surface area (Å²) in [5, 5.41) is 20.0. The second-order valence-corrected chi connectivity index (χ2v) is 4.07. The Morgan fingerprint density at radius 2 is 2.00 bits per heavy atom. The van der Waals surface area contributed by atoms with Crippen molar-refractivity contribution >= 4 is 34.9 Å². The van der Waals surface area contributed by atoms with E-state index < -0.39 is 5.82 Å². The fourth-order valence-corrected chi connectivity index (χ4v) is 1.30. The zero-order chi connectivity index (χ0) is 13.7. The number of nitrogens with zero attached hydrogens (tertiary/aromatic N) is 1. The molecule has 0 spiro atoms. The van der Waals surface area contributed by atoms with E-state index in [1.54, 1.807) is 13.8 Å². The number of aliphatic imine (C=N–C) groups is 1. The van der Waals surface area contributed by atoms with Crippen LogP contribution in [0.3, 0.4) is 0 Å². The minimum absolute atomic E-state index is 0.0368. The smallest absolute Gasteiger partial charge is 0.221 e. The molecule has 0 atom stereocenters. The molecule has 0 heterocycles. The molecule has 18 heavy (non-hydrogen) atoms. The van der Waals surface area contributed by atoms with Gasteiger partial charge in [-0.15, -0.1) is 0 Å². The van der Waals surface area contributed by atoms with Gasteiger partial charge < -0.3 is 5.32 Å². The molecule has 1 rings (SSSR count). The zero-order valence-corrected chi connectivity index (χ0v) is 10.7. The standard InChI is InChI=1S/C11H13ClFN5/c1-6(2)16-10(14)18-11(15)17-7-3-4-9(13)8(12)5-7/h3-5H,1-2H3,(H4,14,15,17,18). The third-order valence-corrected chi connectivity index (χ3v) is 2.06. The first-order valence-corrected chi connectivity index (χ1v) is 5.44. The molecule has 0 aliphatic carbocycles. The Hall–Kier alpha value is -1.95. The molecule has 0 saturated heterocycles. The van der Waals surface area contributed by atoms with E-state index in [-0.39, 0.29) is 16.9 Å². The van der Waals surface area contributed by atoms with Crippen molar-refractivity contribution in [3.05, 3.63) is 29.0 Å². The van der Waals surface area contributed by atoms with Gasteiger partial charge in [0.1, 0.15) is 5.82 Å². The topological polar surface area (TPSA) is 84.1 Å². The average Bonchev–Trinajstić information content (AvgIpc) is 2.21. The monoisotopic (exact) mass is 269 g/mol. The first kappa shape index (κ1) is 14.1. The molecule has 0 saturated carbocycles. The molecular weight excluding hydrogens is 257 g/mol. The molecule has 1 aromatic rings. The van der Waals surface area contributed by atoms with Crippen LogP contribution >= 0.6 is 11.6 Å². The lowest BCUT2D eigenvalue weighted by Crippen LogP contribution is -2.33. The lowest BCUT2D eigenvalue weighted by molar-refractivity contribution is 0.628. The maximum atomic E-state index is 12.9. The van der Waals surface area contributed by atoms with Crippen molar-refractivity contribution in [3.8, 4) is 0 Å². The maximum absolute atomic E-state index is 12.9. The highest BCUT2D eigenvalue weighted by atomic mass is 35.5. The van der Waals surface area contributed by atoms with Crippen LogP contribution in [-0.4, -0.2) is 17.6 Å². The predicted octanol–water partition coefficient (Wildman–Crippen LogP) is 2.83. The van der Waals surface area contributed by atoms with Crippen LogP contribution in [0.4, 0.5) is 10.1 Å². The zero-order valence-electron chi connectivity index (χ0n) is 9.94. The number of hydrogen-bond acceptors (Lipinski definition) is 2. The summed E-state index contributed by atoms with van der Waals surface area (Å²) in [6.45, 7) is 3.49. The number of guanidine groups is 2. The molecular formula is C11H13ClFN5. The quantitative estimate of drug-likeness (QED) is 0.467. The van der Waals surface area contributed by atoms with Gasteiger partial charge in [-0.2, -0.15) is 0 Å². The summed E-state index contributed by atoms with van der Waals surface area (Å²) in [5.41, 5.74) is 1.15. The number of halogens is 2. The van der Waals surface area contributed by atoms with E-state index in [1.165, 1.54) is 18.2 Å². The van der Waals surface area contributed by atoms with Gasteiger partial charge in [0.2, 0.25) is 5.96 Å². The highest BCUT2D eigenvalue weighted by Gasteiger charge is 2.03. The Kier molecular flexibility index (Phi) is 4.79. The van der Waals surface area contributed by atoms with E-state index in [4.69, 9.17) is 22.4 Å². The lowest BCUT2D eigenvalue weighted by Gasteiger charge is -2.09. The molecule has 0 unspecified atom stereocenters. The molecule has 0 aliphatic heterocycles. The van der Waals surface area contributed by atoms with Gasteiger partial charge >= 0.3 is 0 Å². The molecule has 0 aromatic heterocycles. The van der Waals surface area contributed by atoms with Crippen molar-refractivity contribution in [2.75, 3.05) is 5.32 Å². The molecule has 5 nitrogen and oxygen atoms in total. The largest absolute Gasteiger partial charge is 0.326 e. The Bertz CT molecular complexity index is 508. The van der Waals surface area contributed by atoms with Crippen LogP contribution in [0.2, 0.25) is 5.02 Å². The molecule has 0 aliphatic rings. The minimum Gasteiger partial charge on any atom is -0.326 e. The summed E-state index contributed by atoms with van der Waals surface area (Å²) in [6, 6.07) is 3.98. The van der Waals surface area contributed by atoms with E-state index in [1.807, 2.05) is 0 Å². The number of nitrogens with one attached hydrogen (secondary N) is 4. The molecule has 0 radical (unpaired) electrons. The lowest BCUT2D eigenvalue weighted by atomic mass is 10.3. The van der Waals surface area contributed by atoms with Gasteiger partial charge in [-0.3, -0.25) is 16.1 Å². The van der Waals surface area contributed by atoms with Gasteiger partial charge in [-0.1, -0.05) is 11.6 Å². The predicted molar refractivity (Wildman–Crippen MR) is 72.4 cm³/mol. The highest BCUT2D eigenvalue weighted by Crippen LogP contribution is 2.18. The van der Waals surface area contributed by atoms with Crippen molar-refractivity contribution in [1.82, 2.24) is 5.32 Å². The molecule has 1 aromatic carbocycles. The second kappa shape index (κ2) is 6.11. The van der Waals surface area contributed by atoms with Crippen molar-refractivity contribution in [3.63, 3.8) is 0 Å². The maximum Gasteiger partial charge on any atom is 0.221 e. The van der Waals surface area contributed by atoms with Crippen LogP contribution in [0.1, 0.15) is 13.8 Å². The van der Waals surface area contributed by atoms with E-state index in [2.05, 4.69) is 15.6 Å². The van der Waals surface area contributed by atoms with Crippen molar-refractivity contribution < 1.29 is 4.39 Å². The summed E-state index contributed by atoms with van der Waals surface area (Å²) in [6.07, 6.45) is 0. The van der Waals surface area contributed by atoms with Gasteiger partial charge in [0.25, 0.3) is 0 Å². The van der Waals surface area contributed by atoms with Crippen LogP contribution in [0.15, 0.2) is 23.2 Å². The first-order valence-electron chi connectivity index (χ1n) is 5.06. The number of hydrogen-bond donors (Lipinski definition) is 4. The average molecular weight is 270 g/mol. The van der Waals surface area contributed by atoms with Gasteiger partial charge in [0.15, 0.2) is 5.96 Å². The van der Waals surface area contributed by atoms with Crippen LogP contribution < -0.4 is 10.6 Å². The summed E-state index contributed by atoms with van der Waals surface area (Å²) in [4.78, 5) is 3.81. The Balaban J connectivity index is 2.62. The Morgan fingerprint density at radius 1 is 1.33 bits per heavy atom. The number of benzene rings is 1.